The maximum atomic E-state index is 12.9. The molecule has 1 aromatic carbocycles. The van der Waals surface area contributed by atoms with Crippen molar-refractivity contribution in [1.82, 2.24) is 20.4 Å². The molecule has 0 spiro atoms. The molecule has 0 bridgehead atoms. The smallest absolute Gasteiger partial charge is 0.191 e. The highest BCUT2D eigenvalue weighted by Gasteiger charge is 2.14. The number of hydrogen-bond acceptors (Lipinski definition) is 4. The molecule has 27 heavy (non-hydrogen) atoms. The lowest BCUT2D eigenvalue weighted by molar-refractivity contribution is 0.139. The number of piperazine rings is 1. The van der Waals surface area contributed by atoms with E-state index in [0.29, 0.717) is 0 Å². The van der Waals surface area contributed by atoms with E-state index < -0.39 is 0 Å². The van der Waals surface area contributed by atoms with Gasteiger partial charge >= 0.3 is 0 Å². The monoisotopic (exact) mass is 395 g/mol. The molecule has 0 radical (unpaired) electrons. The number of likely N-dealkylation sites (N-methyl/N-ethyl adjacent to an activating group) is 1. The summed E-state index contributed by atoms with van der Waals surface area (Å²) in [5.41, 5.74) is 0. The number of rotatable bonds is 10. The molecule has 1 saturated heterocycles. The lowest BCUT2D eigenvalue weighted by Crippen LogP contribution is -2.49. The van der Waals surface area contributed by atoms with Crippen LogP contribution < -0.4 is 10.6 Å². The van der Waals surface area contributed by atoms with Crippen LogP contribution in [0.3, 0.4) is 0 Å². The Hall–Kier alpha value is -1.31. The highest BCUT2D eigenvalue weighted by Crippen LogP contribution is 2.18. The number of guanidine groups is 1. The van der Waals surface area contributed by atoms with Gasteiger partial charge in [-0.05, 0) is 49.9 Å². The SMILES string of the molecule is CCNC(=NCCCSc1ccc(F)cc1)NCCN1CCN(CC)CC1. The molecule has 0 saturated carbocycles. The second-order valence-corrected chi connectivity index (χ2v) is 7.79. The van der Waals surface area contributed by atoms with Crippen molar-refractivity contribution >= 4 is 17.7 Å². The standard InChI is InChI=1S/C20H34FN5S/c1-3-22-20(24-11-12-26-15-13-25(4-2)14-16-26)23-10-5-17-27-19-8-6-18(21)7-9-19/h6-9H,3-5,10-17H2,1-2H3,(H2,22,23,24). The van der Waals surface area contributed by atoms with Crippen LogP contribution in [0, 0.1) is 5.82 Å². The van der Waals surface area contributed by atoms with Crippen LogP contribution in [-0.4, -0.2) is 80.4 Å². The van der Waals surface area contributed by atoms with Crippen molar-refractivity contribution in [2.45, 2.75) is 25.2 Å². The summed E-state index contributed by atoms with van der Waals surface area (Å²) < 4.78 is 12.9. The molecule has 2 N–H and O–H groups in total. The Bertz CT molecular complexity index is 544. The third-order valence-corrected chi connectivity index (χ3v) is 5.73. The summed E-state index contributed by atoms with van der Waals surface area (Å²) >= 11 is 1.75. The van der Waals surface area contributed by atoms with Crippen LogP contribution in [0.5, 0.6) is 0 Å². The number of aliphatic imine (C=N–C) groups is 1. The Morgan fingerprint density at radius 3 is 2.44 bits per heavy atom. The predicted molar refractivity (Wildman–Crippen MR) is 114 cm³/mol. The van der Waals surface area contributed by atoms with E-state index >= 15 is 0 Å². The van der Waals surface area contributed by atoms with Gasteiger partial charge in [0.05, 0.1) is 0 Å². The Kier molecular flexibility index (Phi) is 10.6. The van der Waals surface area contributed by atoms with Gasteiger partial charge in [0.25, 0.3) is 0 Å². The molecule has 2 rings (SSSR count). The molecule has 1 heterocycles. The highest BCUT2D eigenvalue weighted by molar-refractivity contribution is 7.99. The van der Waals surface area contributed by atoms with Crippen LogP contribution in [0.4, 0.5) is 4.39 Å². The summed E-state index contributed by atoms with van der Waals surface area (Å²) in [6, 6.07) is 6.68. The van der Waals surface area contributed by atoms with Gasteiger partial charge in [-0.2, -0.15) is 0 Å². The van der Waals surface area contributed by atoms with Crippen molar-refractivity contribution in [2.75, 3.05) is 64.7 Å². The molecule has 7 heteroatoms. The van der Waals surface area contributed by atoms with E-state index in [-0.39, 0.29) is 5.82 Å². The van der Waals surface area contributed by atoms with Gasteiger partial charge in [0.2, 0.25) is 0 Å². The fraction of sp³-hybridized carbons (Fsp3) is 0.650. The molecule has 1 aromatic rings. The summed E-state index contributed by atoms with van der Waals surface area (Å²) in [5.74, 6) is 1.70. The molecule has 152 valence electrons. The lowest BCUT2D eigenvalue weighted by Gasteiger charge is -2.34. The third-order valence-electron chi connectivity index (χ3n) is 4.63. The average molecular weight is 396 g/mol. The first kappa shape index (κ1) is 22.0. The number of hydrogen-bond donors (Lipinski definition) is 2. The van der Waals surface area contributed by atoms with Gasteiger partial charge in [-0.1, -0.05) is 6.92 Å². The maximum Gasteiger partial charge on any atom is 0.191 e. The van der Waals surface area contributed by atoms with Crippen LogP contribution in [0.1, 0.15) is 20.3 Å². The lowest BCUT2D eigenvalue weighted by atomic mass is 10.3. The summed E-state index contributed by atoms with van der Waals surface area (Å²) in [7, 11) is 0. The first-order chi connectivity index (χ1) is 13.2. The fourth-order valence-electron chi connectivity index (χ4n) is 2.98. The molecule has 0 atom stereocenters. The quantitative estimate of drug-likeness (QED) is 0.276. The first-order valence-electron chi connectivity index (χ1n) is 10.1. The minimum Gasteiger partial charge on any atom is -0.357 e. The fourth-order valence-corrected chi connectivity index (χ4v) is 3.82. The summed E-state index contributed by atoms with van der Waals surface area (Å²) in [6.07, 6.45) is 0.998. The van der Waals surface area contributed by atoms with E-state index in [1.807, 2.05) is 12.1 Å². The topological polar surface area (TPSA) is 42.9 Å². The Morgan fingerprint density at radius 1 is 1.07 bits per heavy atom. The minimum atomic E-state index is -0.183. The van der Waals surface area contributed by atoms with Crippen molar-refractivity contribution in [1.29, 1.82) is 0 Å². The molecular weight excluding hydrogens is 361 g/mol. The number of nitrogens with zero attached hydrogens (tertiary/aromatic N) is 3. The van der Waals surface area contributed by atoms with E-state index in [1.54, 1.807) is 11.8 Å². The first-order valence-corrected chi connectivity index (χ1v) is 11.0. The van der Waals surface area contributed by atoms with Crippen LogP contribution in [0.2, 0.25) is 0 Å². The minimum absolute atomic E-state index is 0.183. The molecule has 0 aliphatic carbocycles. The normalized spacial score (nSPS) is 16.5. The van der Waals surface area contributed by atoms with E-state index in [4.69, 9.17) is 0 Å². The van der Waals surface area contributed by atoms with Crippen LogP contribution in [0.25, 0.3) is 0 Å². The van der Waals surface area contributed by atoms with Gasteiger partial charge in [-0.25, -0.2) is 4.39 Å². The predicted octanol–water partition coefficient (Wildman–Crippen LogP) is 2.50. The zero-order chi connectivity index (χ0) is 19.3. The van der Waals surface area contributed by atoms with E-state index in [9.17, 15) is 4.39 Å². The van der Waals surface area contributed by atoms with Gasteiger partial charge in [-0.3, -0.25) is 9.89 Å². The molecule has 1 aliphatic rings. The summed E-state index contributed by atoms with van der Waals surface area (Å²) in [6.45, 7) is 13.8. The number of halogens is 1. The molecule has 1 aliphatic heterocycles. The number of thioether (sulfide) groups is 1. The van der Waals surface area contributed by atoms with Crippen molar-refractivity contribution in [3.63, 3.8) is 0 Å². The van der Waals surface area contributed by atoms with Crippen LogP contribution in [-0.2, 0) is 0 Å². The van der Waals surface area contributed by atoms with Crippen molar-refractivity contribution in [3.8, 4) is 0 Å². The molecule has 0 unspecified atom stereocenters. The van der Waals surface area contributed by atoms with Gasteiger partial charge < -0.3 is 15.5 Å². The Morgan fingerprint density at radius 2 is 1.78 bits per heavy atom. The highest BCUT2D eigenvalue weighted by atomic mass is 32.2. The number of benzene rings is 1. The van der Waals surface area contributed by atoms with Gasteiger partial charge in [0.1, 0.15) is 5.82 Å². The Balaban J connectivity index is 1.61. The Labute approximate surface area is 167 Å². The molecule has 0 amide bonds. The van der Waals surface area contributed by atoms with E-state index in [2.05, 4.69) is 39.3 Å². The van der Waals surface area contributed by atoms with Crippen molar-refractivity contribution in [2.24, 2.45) is 4.99 Å². The number of nitrogens with one attached hydrogen (secondary N) is 2. The van der Waals surface area contributed by atoms with Gasteiger partial charge in [-0.15, -0.1) is 11.8 Å². The van der Waals surface area contributed by atoms with Crippen molar-refractivity contribution < 1.29 is 4.39 Å². The summed E-state index contributed by atoms with van der Waals surface area (Å²) in [4.78, 5) is 10.8. The van der Waals surface area contributed by atoms with Gasteiger partial charge in [0, 0.05) is 57.3 Å². The average Bonchev–Trinajstić information content (AvgIpc) is 2.69. The summed E-state index contributed by atoms with van der Waals surface area (Å²) in [5, 5.41) is 6.76. The largest absolute Gasteiger partial charge is 0.357 e. The molecule has 1 fully saturated rings. The van der Waals surface area contributed by atoms with Crippen molar-refractivity contribution in [3.05, 3.63) is 30.1 Å². The van der Waals surface area contributed by atoms with Crippen LogP contribution in [0.15, 0.2) is 34.2 Å². The molecular formula is C20H34FN5S. The second kappa shape index (κ2) is 13.0. The molecule has 0 aromatic heterocycles. The van der Waals surface area contributed by atoms with Crippen LogP contribution >= 0.6 is 11.8 Å². The van der Waals surface area contributed by atoms with E-state index in [1.165, 1.54) is 25.2 Å². The zero-order valence-corrected chi connectivity index (χ0v) is 17.5. The third kappa shape index (κ3) is 8.95. The second-order valence-electron chi connectivity index (χ2n) is 6.62. The van der Waals surface area contributed by atoms with E-state index in [0.717, 1.165) is 68.8 Å². The zero-order valence-electron chi connectivity index (χ0n) is 16.7. The van der Waals surface area contributed by atoms with Gasteiger partial charge in [0.15, 0.2) is 5.96 Å². The molecule has 5 nitrogen and oxygen atoms in total. The maximum absolute atomic E-state index is 12.9.